The van der Waals surface area contributed by atoms with Crippen molar-refractivity contribution in [3.05, 3.63) is 10.6 Å². The number of amides is 1. The maximum absolute atomic E-state index is 11.5. The predicted molar refractivity (Wildman–Crippen MR) is 76.7 cm³/mol. The molecule has 1 amide bonds. The lowest BCUT2D eigenvalue weighted by Gasteiger charge is -2.04. The second-order valence-electron chi connectivity index (χ2n) is 4.05. The molecule has 0 bridgehead atoms. The largest absolute Gasteiger partial charge is 0.397 e. The van der Waals surface area contributed by atoms with E-state index in [0.29, 0.717) is 22.3 Å². The normalized spacial score (nSPS) is 12.7. The SMILES string of the molecule is CCCc1nc(S(C)=O)nc2sc(C(N)=O)c(N)c12. The molecule has 4 N–H and O–H groups in total. The Labute approximate surface area is 116 Å². The molecule has 102 valence electrons. The van der Waals surface area contributed by atoms with Gasteiger partial charge in [0, 0.05) is 6.26 Å². The molecule has 0 aliphatic heterocycles. The number of nitrogen functional groups attached to an aromatic ring is 1. The summed E-state index contributed by atoms with van der Waals surface area (Å²) < 4.78 is 11.5. The van der Waals surface area contributed by atoms with Crippen molar-refractivity contribution in [1.29, 1.82) is 0 Å². The van der Waals surface area contributed by atoms with Gasteiger partial charge in [-0.3, -0.25) is 9.00 Å². The van der Waals surface area contributed by atoms with Crippen LogP contribution in [0.2, 0.25) is 0 Å². The van der Waals surface area contributed by atoms with E-state index in [9.17, 15) is 9.00 Å². The van der Waals surface area contributed by atoms with Crippen molar-refractivity contribution in [3.63, 3.8) is 0 Å². The average molecular weight is 298 g/mol. The molecule has 2 aromatic heterocycles. The standard InChI is InChI=1S/C11H14N4O2S2/c1-3-4-5-6-7(12)8(9(13)16)18-10(6)15-11(14-5)19(2)17/h3-4,12H2,1-2H3,(H2,13,16). The average Bonchev–Trinajstić information content (AvgIpc) is 2.67. The van der Waals surface area contributed by atoms with E-state index in [4.69, 9.17) is 11.5 Å². The number of nitrogens with two attached hydrogens (primary N) is 2. The summed E-state index contributed by atoms with van der Waals surface area (Å²) in [5, 5.41) is 0.920. The molecule has 0 spiro atoms. The molecule has 0 radical (unpaired) electrons. The number of rotatable bonds is 4. The van der Waals surface area contributed by atoms with Crippen LogP contribution in [0.4, 0.5) is 5.69 Å². The van der Waals surface area contributed by atoms with Gasteiger partial charge in [0.05, 0.1) is 27.6 Å². The number of carbonyl (C=O) groups is 1. The molecular weight excluding hydrogens is 284 g/mol. The maximum Gasteiger partial charge on any atom is 0.260 e. The highest BCUT2D eigenvalue weighted by Crippen LogP contribution is 2.34. The van der Waals surface area contributed by atoms with Gasteiger partial charge >= 0.3 is 0 Å². The number of primary amides is 1. The highest BCUT2D eigenvalue weighted by molar-refractivity contribution is 7.84. The fourth-order valence-electron chi connectivity index (χ4n) is 1.80. The van der Waals surface area contributed by atoms with Crippen molar-refractivity contribution in [2.45, 2.75) is 24.9 Å². The number of aromatic nitrogens is 2. The Morgan fingerprint density at radius 3 is 2.63 bits per heavy atom. The molecule has 0 aromatic carbocycles. The molecule has 0 saturated carbocycles. The van der Waals surface area contributed by atoms with E-state index in [1.54, 1.807) is 0 Å². The monoisotopic (exact) mass is 298 g/mol. The van der Waals surface area contributed by atoms with Gasteiger partial charge < -0.3 is 11.5 Å². The van der Waals surface area contributed by atoms with E-state index >= 15 is 0 Å². The second kappa shape index (κ2) is 5.22. The molecule has 1 atom stereocenters. The molecule has 0 fully saturated rings. The Bertz CT molecular complexity index is 681. The quantitative estimate of drug-likeness (QED) is 0.820. The third-order valence-corrected chi connectivity index (χ3v) is 4.42. The third-order valence-electron chi connectivity index (χ3n) is 2.61. The van der Waals surface area contributed by atoms with Crippen LogP contribution in [-0.2, 0) is 17.2 Å². The summed E-state index contributed by atoms with van der Waals surface area (Å²) in [7, 11) is -1.28. The first-order valence-corrected chi connectivity index (χ1v) is 8.05. The molecule has 2 heterocycles. The van der Waals surface area contributed by atoms with Gasteiger partial charge in [0.15, 0.2) is 0 Å². The Kier molecular flexibility index (Phi) is 3.81. The van der Waals surface area contributed by atoms with E-state index in [-0.39, 0.29) is 10.0 Å². The fourth-order valence-corrected chi connectivity index (χ4v) is 3.29. The molecule has 2 rings (SSSR count). The number of hydrogen-bond acceptors (Lipinski definition) is 6. The van der Waals surface area contributed by atoms with Crippen LogP contribution >= 0.6 is 11.3 Å². The van der Waals surface area contributed by atoms with Crippen LogP contribution in [-0.4, -0.2) is 26.3 Å². The lowest BCUT2D eigenvalue weighted by Crippen LogP contribution is -2.10. The third kappa shape index (κ3) is 2.45. The van der Waals surface area contributed by atoms with Crippen molar-refractivity contribution in [3.8, 4) is 0 Å². The van der Waals surface area contributed by atoms with E-state index in [1.165, 1.54) is 6.26 Å². The number of nitrogens with zero attached hydrogens (tertiary/aromatic N) is 2. The molecule has 19 heavy (non-hydrogen) atoms. The number of fused-ring (bicyclic) bond motifs is 1. The summed E-state index contributed by atoms with van der Waals surface area (Å²) >= 11 is 1.12. The van der Waals surface area contributed by atoms with Gasteiger partial charge in [-0.05, 0) is 6.42 Å². The van der Waals surface area contributed by atoms with Gasteiger partial charge in [-0.2, -0.15) is 0 Å². The lowest BCUT2D eigenvalue weighted by atomic mass is 10.1. The zero-order valence-electron chi connectivity index (χ0n) is 10.6. The van der Waals surface area contributed by atoms with Gasteiger partial charge in [-0.25, -0.2) is 9.97 Å². The van der Waals surface area contributed by atoms with Crippen LogP contribution in [0.5, 0.6) is 0 Å². The number of anilines is 1. The van der Waals surface area contributed by atoms with Gasteiger partial charge in [0.1, 0.15) is 9.71 Å². The Balaban J connectivity index is 2.79. The molecule has 0 aliphatic rings. The summed E-state index contributed by atoms with van der Waals surface area (Å²) in [6.07, 6.45) is 3.06. The van der Waals surface area contributed by atoms with Crippen molar-refractivity contribution in [1.82, 2.24) is 9.97 Å². The minimum absolute atomic E-state index is 0.258. The van der Waals surface area contributed by atoms with Crippen LogP contribution in [0, 0.1) is 0 Å². The summed E-state index contributed by atoms with van der Waals surface area (Å²) in [6, 6.07) is 0. The number of thiophene rings is 1. The van der Waals surface area contributed by atoms with Gasteiger partial charge in [-0.1, -0.05) is 13.3 Å². The minimum Gasteiger partial charge on any atom is -0.397 e. The van der Waals surface area contributed by atoms with E-state index in [1.807, 2.05) is 6.92 Å². The van der Waals surface area contributed by atoms with E-state index < -0.39 is 16.7 Å². The predicted octanol–water partition coefficient (Wildman–Crippen LogP) is 1.06. The molecule has 2 aromatic rings. The number of aryl methyl sites for hydroxylation is 1. The van der Waals surface area contributed by atoms with Gasteiger partial charge in [0.25, 0.3) is 5.91 Å². The van der Waals surface area contributed by atoms with Gasteiger partial charge in [0.2, 0.25) is 5.16 Å². The molecule has 1 unspecified atom stereocenters. The van der Waals surface area contributed by atoms with Crippen LogP contribution in [0.3, 0.4) is 0 Å². The highest BCUT2D eigenvalue weighted by Gasteiger charge is 2.20. The van der Waals surface area contributed by atoms with Crippen molar-refractivity contribution in [2.24, 2.45) is 5.73 Å². The highest BCUT2D eigenvalue weighted by atomic mass is 32.2. The summed E-state index contributed by atoms with van der Waals surface area (Å²) in [4.78, 5) is 20.7. The molecule has 8 heteroatoms. The lowest BCUT2D eigenvalue weighted by molar-refractivity contribution is 0.100. The zero-order chi connectivity index (χ0) is 14.2. The van der Waals surface area contributed by atoms with Crippen LogP contribution in [0.25, 0.3) is 10.2 Å². The van der Waals surface area contributed by atoms with E-state index in [2.05, 4.69) is 9.97 Å². The minimum atomic E-state index is -1.28. The topological polar surface area (TPSA) is 112 Å². The number of hydrogen-bond donors (Lipinski definition) is 2. The van der Waals surface area contributed by atoms with Crippen molar-refractivity contribution >= 4 is 43.9 Å². The van der Waals surface area contributed by atoms with Crippen LogP contribution in [0.1, 0.15) is 28.7 Å². The van der Waals surface area contributed by atoms with Crippen LogP contribution < -0.4 is 11.5 Å². The van der Waals surface area contributed by atoms with Gasteiger partial charge in [-0.15, -0.1) is 11.3 Å². The van der Waals surface area contributed by atoms with Crippen LogP contribution in [0.15, 0.2) is 5.16 Å². The molecular formula is C11H14N4O2S2. The summed E-state index contributed by atoms with van der Waals surface area (Å²) in [6.45, 7) is 2.01. The molecule has 0 saturated heterocycles. The van der Waals surface area contributed by atoms with E-state index in [0.717, 1.165) is 23.5 Å². The van der Waals surface area contributed by atoms with Crippen molar-refractivity contribution < 1.29 is 9.00 Å². The first-order valence-electron chi connectivity index (χ1n) is 5.67. The number of carbonyl (C=O) groups excluding carboxylic acids is 1. The smallest absolute Gasteiger partial charge is 0.260 e. The fraction of sp³-hybridized carbons (Fsp3) is 0.364. The van der Waals surface area contributed by atoms with Crippen molar-refractivity contribution in [2.75, 3.05) is 12.0 Å². The Hall–Kier alpha value is -1.54. The molecule has 6 nitrogen and oxygen atoms in total. The zero-order valence-corrected chi connectivity index (χ0v) is 12.2. The summed E-state index contributed by atoms with van der Waals surface area (Å²) in [5.41, 5.74) is 12.3. The Morgan fingerprint density at radius 1 is 1.42 bits per heavy atom. The first kappa shape index (κ1) is 13.9. The first-order chi connectivity index (χ1) is 8.95. The Morgan fingerprint density at radius 2 is 2.11 bits per heavy atom. The maximum atomic E-state index is 11.5. The molecule has 0 aliphatic carbocycles. The summed E-state index contributed by atoms with van der Waals surface area (Å²) in [5.74, 6) is -0.581. The second-order valence-corrected chi connectivity index (χ2v) is 6.32.